The van der Waals surface area contributed by atoms with Crippen molar-refractivity contribution in [3.63, 3.8) is 0 Å². The molecule has 0 aliphatic carbocycles. The number of aliphatic imine (C=N–C) groups is 1. The molecule has 1 aliphatic rings. The number of hydrogen-bond donors (Lipinski definition) is 0. The van der Waals surface area contributed by atoms with E-state index in [0.717, 1.165) is 0 Å². The standard InChI is InChI=1S/C9H5BrFNO/c10-7-4-6-5(3-8(7)11)1-2-12-9(6)13/h2-4H,1H2. The first-order valence-corrected chi connectivity index (χ1v) is 4.52. The van der Waals surface area contributed by atoms with Gasteiger partial charge < -0.3 is 0 Å². The lowest BCUT2D eigenvalue weighted by molar-refractivity contribution is 0.100. The third-order valence-corrected chi connectivity index (χ3v) is 2.50. The van der Waals surface area contributed by atoms with Crippen LogP contribution in [0.1, 0.15) is 15.9 Å². The van der Waals surface area contributed by atoms with E-state index in [1.165, 1.54) is 18.3 Å². The Kier molecular flexibility index (Phi) is 2.00. The zero-order valence-electron chi connectivity index (χ0n) is 6.55. The van der Waals surface area contributed by atoms with E-state index in [-0.39, 0.29) is 11.7 Å². The van der Waals surface area contributed by atoms with E-state index in [9.17, 15) is 9.18 Å². The van der Waals surface area contributed by atoms with Crippen molar-refractivity contribution in [2.75, 3.05) is 0 Å². The van der Waals surface area contributed by atoms with Gasteiger partial charge in [-0.25, -0.2) is 9.38 Å². The van der Waals surface area contributed by atoms with Crippen LogP contribution in [0.4, 0.5) is 4.39 Å². The van der Waals surface area contributed by atoms with E-state index in [2.05, 4.69) is 20.9 Å². The number of hydrogen-bond acceptors (Lipinski definition) is 1. The summed E-state index contributed by atoms with van der Waals surface area (Å²) in [7, 11) is 0. The predicted molar refractivity (Wildman–Crippen MR) is 50.6 cm³/mol. The summed E-state index contributed by atoms with van der Waals surface area (Å²) in [4.78, 5) is 14.8. The molecule has 66 valence electrons. The van der Waals surface area contributed by atoms with Gasteiger partial charge in [0.2, 0.25) is 0 Å². The van der Waals surface area contributed by atoms with E-state index in [0.29, 0.717) is 22.0 Å². The Morgan fingerprint density at radius 1 is 1.46 bits per heavy atom. The highest BCUT2D eigenvalue weighted by Gasteiger charge is 2.16. The Balaban J connectivity index is 2.63. The van der Waals surface area contributed by atoms with E-state index in [4.69, 9.17) is 0 Å². The van der Waals surface area contributed by atoms with Gasteiger partial charge >= 0.3 is 0 Å². The molecule has 0 fully saturated rings. The Hall–Kier alpha value is -1.03. The molecular weight excluding hydrogens is 237 g/mol. The zero-order chi connectivity index (χ0) is 9.42. The number of fused-ring (bicyclic) bond motifs is 1. The van der Waals surface area contributed by atoms with Crippen molar-refractivity contribution in [2.24, 2.45) is 4.99 Å². The highest BCUT2D eigenvalue weighted by molar-refractivity contribution is 9.10. The lowest BCUT2D eigenvalue weighted by Crippen LogP contribution is -2.08. The minimum absolute atomic E-state index is 0.303. The van der Waals surface area contributed by atoms with Gasteiger partial charge in [-0.05, 0) is 33.6 Å². The normalized spacial score (nSPS) is 14.5. The number of halogens is 2. The molecule has 1 amide bonds. The van der Waals surface area contributed by atoms with Crippen LogP contribution in [0.3, 0.4) is 0 Å². The molecule has 0 spiro atoms. The summed E-state index contributed by atoms with van der Waals surface area (Å²) < 4.78 is 13.3. The van der Waals surface area contributed by atoms with Crippen molar-refractivity contribution in [3.8, 4) is 0 Å². The van der Waals surface area contributed by atoms with E-state index >= 15 is 0 Å². The Morgan fingerprint density at radius 3 is 3.00 bits per heavy atom. The second-order valence-corrected chi connectivity index (χ2v) is 3.60. The van der Waals surface area contributed by atoms with Gasteiger partial charge in [0.15, 0.2) is 0 Å². The lowest BCUT2D eigenvalue weighted by atomic mass is 10.0. The molecule has 2 rings (SSSR count). The van der Waals surface area contributed by atoms with Crippen LogP contribution in [0.15, 0.2) is 21.6 Å². The first-order chi connectivity index (χ1) is 6.18. The molecule has 0 saturated heterocycles. The van der Waals surface area contributed by atoms with Gasteiger partial charge in [0, 0.05) is 18.2 Å². The minimum Gasteiger partial charge on any atom is -0.267 e. The van der Waals surface area contributed by atoms with E-state index in [1.54, 1.807) is 0 Å². The number of benzene rings is 1. The fourth-order valence-corrected chi connectivity index (χ4v) is 1.60. The summed E-state index contributed by atoms with van der Waals surface area (Å²) in [6.07, 6.45) is 2.02. The molecule has 0 unspecified atom stereocenters. The van der Waals surface area contributed by atoms with E-state index in [1.807, 2.05) is 0 Å². The molecule has 0 radical (unpaired) electrons. The van der Waals surface area contributed by atoms with Crippen molar-refractivity contribution in [3.05, 3.63) is 33.5 Å². The second kappa shape index (κ2) is 3.03. The topological polar surface area (TPSA) is 29.4 Å². The third kappa shape index (κ3) is 1.42. The highest BCUT2D eigenvalue weighted by Crippen LogP contribution is 2.23. The molecule has 0 saturated carbocycles. The zero-order valence-corrected chi connectivity index (χ0v) is 8.14. The molecule has 1 aliphatic heterocycles. The largest absolute Gasteiger partial charge is 0.276 e. The number of carbonyl (C=O) groups excluding carboxylic acids is 1. The summed E-state index contributed by atoms with van der Waals surface area (Å²) in [5, 5.41) is 0. The average Bonchev–Trinajstić information content (AvgIpc) is 2.09. The van der Waals surface area contributed by atoms with Crippen LogP contribution >= 0.6 is 15.9 Å². The molecule has 1 aromatic carbocycles. The molecule has 4 heteroatoms. The summed E-state index contributed by atoms with van der Waals surface area (Å²) in [5.41, 5.74) is 1.18. The van der Waals surface area contributed by atoms with Gasteiger partial charge in [-0.1, -0.05) is 0 Å². The quantitative estimate of drug-likeness (QED) is 0.686. The van der Waals surface area contributed by atoms with Crippen LogP contribution in [0.25, 0.3) is 0 Å². The van der Waals surface area contributed by atoms with Crippen molar-refractivity contribution < 1.29 is 9.18 Å². The molecule has 2 nitrogen and oxygen atoms in total. The molecule has 0 aromatic heterocycles. The van der Waals surface area contributed by atoms with Crippen LogP contribution in [-0.4, -0.2) is 12.1 Å². The number of rotatable bonds is 0. The first-order valence-electron chi connectivity index (χ1n) is 3.73. The van der Waals surface area contributed by atoms with Crippen molar-refractivity contribution >= 4 is 28.1 Å². The van der Waals surface area contributed by atoms with Crippen LogP contribution in [0.5, 0.6) is 0 Å². The number of carbonyl (C=O) groups is 1. The fourth-order valence-electron chi connectivity index (χ4n) is 1.25. The minimum atomic E-state index is -0.346. The van der Waals surface area contributed by atoms with Crippen molar-refractivity contribution in [1.29, 1.82) is 0 Å². The van der Waals surface area contributed by atoms with Crippen LogP contribution < -0.4 is 0 Å². The summed E-state index contributed by atoms with van der Waals surface area (Å²) >= 11 is 3.02. The van der Waals surface area contributed by atoms with Gasteiger partial charge in [-0.2, -0.15) is 0 Å². The molecule has 0 N–H and O–H groups in total. The maximum Gasteiger partial charge on any atom is 0.276 e. The van der Waals surface area contributed by atoms with Gasteiger partial charge in [0.25, 0.3) is 5.91 Å². The number of nitrogens with zero attached hydrogens (tertiary/aromatic N) is 1. The molecule has 1 heterocycles. The maximum atomic E-state index is 13.0. The van der Waals surface area contributed by atoms with E-state index < -0.39 is 0 Å². The Morgan fingerprint density at radius 2 is 2.23 bits per heavy atom. The molecule has 1 aromatic rings. The highest BCUT2D eigenvalue weighted by atomic mass is 79.9. The SMILES string of the molecule is O=C1N=CCc2cc(F)c(Br)cc21. The summed E-state index contributed by atoms with van der Waals surface area (Å²) in [5.74, 6) is -0.649. The Bertz CT molecular complexity index is 414. The monoisotopic (exact) mass is 241 g/mol. The summed E-state index contributed by atoms with van der Waals surface area (Å²) in [6, 6.07) is 2.84. The number of amides is 1. The average molecular weight is 242 g/mol. The maximum absolute atomic E-state index is 13.0. The van der Waals surface area contributed by atoms with Crippen LogP contribution in [0.2, 0.25) is 0 Å². The third-order valence-electron chi connectivity index (χ3n) is 1.90. The predicted octanol–water partition coefficient (Wildman–Crippen LogP) is 2.36. The Labute approximate surface area is 82.6 Å². The fraction of sp³-hybridized carbons (Fsp3) is 0.111. The van der Waals surface area contributed by atoms with Crippen molar-refractivity contribution in [1.82, 2.24) is 0 Å². The van der Waals surface area contributed by atoms with Gasteiger partial charge in [-0.15, -0.1) is 0 Å². The molecule has 0 bridgehead atoms. The summed E-state index contributed by atoms with van der Waals surface area (Å²) in [6.45, 7) is 0. The van der Waals surface area contributed by atoms with Gasteiger partial charge in [0.1, 0.15) is 5.82 Å². The first kappa shape index (κ1) is 8.56. The van der Waals surface area contributed by atoms with Crippen molar-refractivity contribution in [2.45, 2.75) is 6.42 Å². The molecule has 0 atom stereocenters. The van der Waals surface area contributed by atoms with Crippen LogP contribution in [-0.2, 0) is 6.42 Å². The molecule has 13 heavy (non-hydrogen) atoms. The smallest absolute Gasteiger partial charge is 0.267 e. The van der Waals surface area contributed by atoms with Gasteiger partial charge in [-0.3, -0.25) is 4.79 Å². The second-order valence-electron chi connectivity index (χ2n) is 2.74. The van der Waals surface area contributed by atoms with Crippen LogP contribution in [0, 0.1) is 5.82 Å². The molecular formula is C9H5BrFNO. The lowest BCUT2D eigenvalue weighted by Gasteiger charge is -2.09. The van der Waals surface area contributed by atoms with Gasteiger partial charge in [0.05, 0.1) is 4.47 Å².